The van der Waals surface area contributed by atoms with E-state index in [0.29, 0.717) is 24.5 Å². The smallest absolute Gasteiger partial charge is 0.249 e. The number of imidazole rings is 1. The molecule has 1 unspecified atom stereocenters. The molecule has 2 aromatic rings. The lowest BCUT2D eigenvalue weighted by Crippen LogP contribution is -2.49. The van der Waals surface area contributed by atoms with Crippen LogP contribution >= 0.6 is 12.4 Å². The molecule has 1 aromatic heterocycles. The number of nitrogens with zero attached hydrogens (tertiary/aromatic N) is 3. The van der Waals surface area contributed by atoms with E-state index in [-0.39, 0.29) is 25.5 Å². The Morgan fingerprint density at radius 2 is 1.88 bits per heavy atom. The van der Waals surface area contributed by atoms with Crippen LogP contribution in [0.5, 0.6) is 0 Å². The van der Waals surface area contributed by atoms with Gasteiger partial charge < -0.3 is 9.88 Å². The lowest BCUT2D eigenvalue weighted by atomic mass is 10.2. The standard InChI is InChI=1S/C14H15F3N4O2S.ClH/c1-20-4-3-19-14(20)12-8-18-2-5-21(12)24(22,23)13-10(16)6-9(15)7-11(13)17;/h3-4,6-7,12,18H,2,5,8H2,1H3;1H. The van der Waals surface area contributed by atoms with Gasteiger partial charge in [0.05, 0.1) is 6.04 Å². The van der Waals surface area contributed by atoms with Gasteiger partial charge in [0.2, 0.25) is 10.0 Å². The first kappa shape index (κ1) is 19.7. The molecule has 1 N–H and O–H groups in total. The third-order valence-electron chi connectivity index (χ3n) is 3.88. The minimum absolute atomic E-state index is 0. The second-order valence-corrected chi connectivity index (χ2v) is 7.26. The van der Waals surface area contributed by atoms with Crippen molar-refractivity contribution in [2.45, 2.75) is 10.9 Å². The molecular formula is C14H16ClF3N4O2S. The normalized spacial score (nSPS) is 18.8. The predicted molar refractivity (Wildman–Crippen MR) is 86.3 cm³/mol. The average Bonchev–Trinajstić information content (AvgIpc) is 2.92. The van der Waals surface area contributed by atoms with Gasteiger partial charge in [0.15, 0.2) is 4.90 Å². The summed E-state index contributed by atoms with van der Waals surface area (Å²) in [6, 6.07) is -0.0189. The van der Waals surface area contributed by atoms with Crippen molar-refractivity contribution in [3.8, 4) is 0 Å². The van der Waals surface area contributed by atoms with E-state index in [0.717, 1.165) is 4.31 Å². The van der Waals surface area contributed by atoms with Gasteiger partial charge in [-0.25, -0.2) is 26.6 Å². The highest BCUT2D eigenvalue weighted by molar-refractivity contribution is 7.89. The van der Waals surface area contributed by atoms with Crippen LogP contribution in [0.25, 0.3) is 0 Å². The maximum Gasteiger partial charge on any atom is 0.249 e. The van der Waals surface area contributed by atoms with Crippen LogP contribution in [-0.2, 0) is 17.1 Å². The first-order chi connectivity index (χ1) is 11.3. The maximum atomic E-state index is 14.0. The van der Waals surface area contributed by atoms with Crippen molar-refractivity contribution in [3.05, 3.63) is 47.8 Å². The molecule has 25 heavy (non-hydrogen) atoms. The van der Waals surface area contributed by atoms with Gasteiger partial charge in [-0.05, 0) is 0 Å². The average molecular weight is 397 g/mol. The summed E-state index contributed by atoms with van der Waals surface area (Å²) in [5, 5.41) is 3.04. The topological polar surface area (TPSA) is 67.2 Å². The molecule has 0 spiro atoms. The van der Waals surface area contributed by atoms with Crippen LogP contribution in [0.4, 0.5) is 13.2 Å². The molecule has 1 atom stereocenters. The summed E-state index contributed by atoms with van der Waals surface area (Å²) in [5.41, 5.74) is 0. The largest absolute Gasteiger partial charge is 0.337 e. The number of aryl methyl sites for hydroxylation is 1. The summed E-state index contributed by atoms with van der Waals surface area (Å²) in [6.45, 7) is 0.579. The van der Waals surface area contributed by atoms with E-state index in [1.165, 1.54) is 6.20 Å². The number of nitrogens with one attached hydrogen (secondary N) is 1. The van der Waals surface area contributed by atoms with Crippen LogP contribution in [0, 0.1) is 17.5 Å². The zero-order valence-electron chi connectivity index (χ0n) is 13.1. The van der Waals surface area contributed by atoms with Crippen molar-refractivity contribution in [3.63, 3.8) is 0 Å². The minimum Gasteiger partial charge on any atom is -0.337 e. The summed E-state index contributed by atoms with van der Waals surface area (Å²) in [7, 11) is -2.81. The van der Waals surface area contributed by atoms with Crippen LogP contribution in [-0.4, -0.2) is 41.9 Å². The van der Waals surface area contributed by atoms with Crippen molar-refractivity contribution in [1.82, 2.24) is 19.2 Å². The van der Waals surface area contributed by atoms with Gasteiger partial charge in [0, 0.05) is 51.2 Å². The number of benzene rings is 1. The van der Waals surface area contributed by atoms with Crippen molar-refractivity contribution in [2.75, 3.05) is 19.6 Å². The van der Waals surface area contributed by atoms with Crippen molar-refractivity contribution in [2.24, 2.45) is 7.05 Å². The molecule has 1 aliphatic heterocycles. The Bertz CT molecular complexity index is 852. The number of piperazine rings is 1. The Labute approximate surface area is 149 Å². The van der Waals surface area contributed by atoms with Crippen LogP contribution < -0.4 is 5.32 Å². The monoisotopic (exact) mass is 396 g/mol. The van der Waals surface area contributed by atoms with Crippen LogP contribution in [0.2, 0.25) is 0 Å². The maximum absolute atomic E-state index is 14.0. The Morgan fingerprint density at radius 3 is 2.44 bits per heavy atom. The van der Waals surface area contributed by atoms with E-state index in [1.807, 2.05) is 0 Å². The number of halogens is 4. The summed E-state index contributed by atoms with van der Waals surface area (Å²) in [5.74, 6) is -3.65. The van der Waals surface area contributed by atoms with Crippen LogP contribution in [0.15, 0.2) is 29.4 Å². The highest BCUT2D eigenvalue weighted by Gasteiger charge is 2.39. The molecule has 1 saturated heterocycles. The van der Waals surface area contributed by atoms with E-state index in [9.17, 15) is 21.6 Å². The zero-order valence-corrected chi connectivity index (χ0v) is 14.7. The second kappa shape index (κ2) is 7.32. The van der Waals surface area contributed by atoms with Gasteiger partial charge in [0.25, 0.3) is 0 Å². The lowest BCUT2D eigenvalue weighted by molar-refractivity contribution is 0.256. The quantitative estimate of drug-likeness (QED) is 0.855. The number of rotatable bonds is 3. The molecule has 0 aliphatic carbocycles. The number of hydrogen-bond donors (Lipinski definition) is 1. The molecular weight excluding hydrogens is 381 g/mol. The van der Waals surface area contributed by atoms with E-state index < -0.39 is 38.4 Å². The van der Waals surface area contributed by atoms with Gasteiger partial charge in [-0.15, -0.1) is 12.4 Å². The molecule has 1 aliphatic rings. The third-order valence-corrected chi connectivity index (χ3v) is 5.84. The Hall–Kier alpha value is -1.62. The Morgan fingerprint density at radius 1 is 1.24 bits per heavy atom. The molecule has 2 heterocycles. The van der Waals surface area contributed by atoms with Crippen LogP contribution in [0.3, 0.4) is 0 Å². The number of hydrogen-bond acceptors (Lipinski definition) is 4. The number of aromatic nitrogens is 2. The van der Waals surface area contributed by atoms with Crippen molar-refractivity contribution >= 4 is 22.4 Å². The van der Waals surface area contributed by atoms with Gasteiger partial charge >= 0.3 is 0 Å². The van der Waals surface area contributed by atoms with Gasteiger partial charge in [-0.1, -0.05) is 0 Å². The molecule has 1 aromatic carbocycles. The fourth-order valence-electron chi connectivity index (χ4n) is 2.78. The molecule has 1 fully saturated rings. The number of sulfonamides is 1. The molecule has 6 nitrogen and oxygen atoms in total. The second-order valence-electron chi connectivity index (χ2n) is 5.43. The molecule has 0 radical (unpaired) electrons. The Kier molecular flexibility index (Phi) is 5.77. The summed E-state index contributed by atoms with van der Waals surface area (Å²) in [4.78, 5) is 2.98. The summed E-state index contributed by atoms with van der Waals surface area (Å²) in [6.07, 6.45) is 3.15. The highest BCUT2D eigenvalue weighted by atomic mass is 35.5. The molecule has 0 bridgehead atoms. The SMILES string of the molecule is Cl.Cn1ccnc1C1CNCCN1S(=O)(=O)c1c(F)cc(F)cc1F. The van der Waals surface area contributed by atoms with Gasteiger partial charge in [-0.2, -0.15) is 4.31 Å². The van der Waals surface area contributed by atoms with E-state index in [2.05, 4.69) is 10.3 Å². The molecule has 0 amide bonds. The fourth-order valence-corrected chi connectivity index (χ4v) is 4.47. The first-order valence-electron chi connectivity index (χ1n) is 7.16. The fraction of sp³-hybridized carbons (Fsp3) is 0.357. The molecule has 3 rings (SSSR count). The Balaban J connectivity index is 0.00000225. The van der Waals surface area contributed by atoms with E-state index >= 15 is 0 Å². The van der Waals surface area contributed by atoms with E-state index in [1.54, 1.807) is 17.8 Å². The summed E-state index contributed by atoms with van der Waals surface area (Å²) < 4.78 is 69.3. The van der Waals surface area contributed by atoms with Crippen molar-refractivity contribution in [1.29, 1.82) is 0 Å². The van der Waals surface area contributed by atoms with E-state index in [4.69, 9.17) is 0 Å². The molecule has 0 saturated carbocycles. The molecule has 138 valence electrons. The van der Waals surface area contributed by atoms with Crippen molar-refractivity contribution < 1.29 is 21.6 Å². The molecule has 11 heteroatoms. The summed E-state index contributed by atoms with van der Waals surface area (Å²) >= 11 is 0. The third kappa shape index (κ3) is 3.52. The lowest BCUT2D eigenvalue weighted by Gasteiger charge is -2.34. The predicted octanol–water partition coefficient (Wildman–Crippen LogP) is 1.59. The zero-order chi connectivity index (χ0) is 17.5. The highest BCUT2D eigenvalue weighted by Crippen LogP contribution is 2.30. The van der Waals surface area contributed by atoms with Crippen LogP contribution in [0.1, 0.15) is 11.9 Å². The minimum atomic E-state index is -4.51. The van der Waals surface area contributed by atoms with Gasteiger partial charge in [0.1, 0.15) is 23.3 Å². The van der Waals surface area contributed by atoms with Gasteiger partial charge in [-0.3, -0.25) is 0 Å². The first-order valence-corrected chi connectivity index (χ1v) is 8.60.